The van der Waals surface area contributed by atoms with Crippen LogP contribution in [0.1, 0.15) is 25.5 Å². The third kappa shape index (κ3) is 3.60. The molecule has 0 aliphatic rings. The standard InChI is InChI=1S/C10H17N3O/c1-3-4-10(14)11-7-5-9-6-8-13(2)12-9/h6,8H,3-5,7H2,1-2H3,(H,11,14). The molecule has 1 N–H and O–H groups in total. The number of hydrogen-bond donors (Lipinski definition) is 1. The average molecular weight is 195 g/mol. The summed E-state index contributed by atoms with van der Waals surface area (Å²) in [6.45, 7) is 2.67. The molecule has 0 spiro atoms. The largest absolute Gasteiger partial charge is 0.356 e. The van der Waals surface area contributed by atoms with Crippen LogP contribution in [-0.2, 0) is 18.3 Å². The van der Waals surface area contributed by atoms with E-state index >= 15 is 0 Å². The zero-order valence-electron chi connectivity index (χ0n) is 8.79. The summed E-state index contributed by atoms with van der Waals surface area (Å²) in [5.74, 6) is 0.128. The van der Waals surface area contributed by atoms with Gasteiger partial charge >= 0.3 is 0 Å². The summed E-state index contributed by atoms with van der Waals surface area (Å²) < 4.78 is 1.77. The average Bonchev–Trinajstić information content (AvgIpc) is 2.52. The Morgan fingerprint density at radius 2 is 2.43 bits per heavy atom. The molecule has 0 unspecified atom stereocenters. The Morgan fingerprint density at radius 1 is 1.64 bits per heavy atom. The Balaban J connectivity index is 2.18. The Bertz CT molecular complexity index is 293. The second kappa shape index (κ2) is 5.42. The van der Waals surface area contributed by atoms with Gasteiger partial charge in [-0.1, -0.05) is 6.92 Å². The van der Waals surface area contributed by atoms with Crippen molar-refractivity contribution in [3.05, 3.63) is 18.0 Å². The van der Waals surface area contributed by atoms with Crippen molar-refractivity contribution in [1.29, 1.82) is 0 Å². The van der Waals surface area contributed by atoms with Gasteiger partial charge in [-0.2, -0.15) is 5.10 Å². The van der Waals surface area contributed by atoms with E-state index in [1.807, 2.05) is 26.2 Å². The lowest BCUT2D eigenvalue weighted by molar-refractivity contribution is -0.121. The van der Waals surface area contributed by atoms with Crippen molar-refractivity contribution in [2.45, 2.75) is 26.2 Å². The van der Waals surface area contributed by atoms with Gasteiger partial charge in [0.1, 0.15) is 0 Å². The van der Waals surface area contributed by atoms with Crippen LogP contribution in [0.5, 0.6) is 0 Å². The third-order valence-corrected chi connectivity index (χ3v) is 1.95. The molecule has 0 radical (unpaired) electrons. The second-order valence-corrected chi connectivity index (χ2v) is 3.33. The van der Waals surface area contributed by atoms with Crippen molar-refractivity contribution in [1.82, 2.24) is 15.1 Å². The number of nitrogens with zero attached hydrogens (tertiary/aromatic N) is 2. The molecule has 1 aromatic heterocycles. The minimum atomic E-state index is 0.128. The fourth-order valence-electron chi connectivity index (χ4n) is 1.24. The highest BCUT2D eigenvalue weighted by molar-refractivity contribution is 5.75. The van der Waals surface area contributed by atoms with E-state index in [1.54, 1.807) is 4.68 Å². The Kier molecular flexibility index (Phi) is 4.16. The first-order valence-electron chi connectivity index (χ1n) is 4.97. The first-order chi connectivity index (χ1) is 6.72. The maximum Gasteiger partial charge on any atom is 0.219 e. The zero-order chi connectivity index (χ0) is 10.4. The van der Waals surface area contributed by atoms with Crippen LogP contribution in [0.4, 0.5) is 0 Å². The van der Waals surface area contributed by atoms with Gasteiger partial charge in [-0.15, -0.1) is 0 Å². The first kappa shape index (κ1) is 10.8. The molecular weight excluding hydrogens is 178 g/mol. The quantitative estimate of drug-likeness (QED) is 0.758. The highest BCUT2D eigenvalue weighted by Gasteiger charge is 2.00. The van der Waals surface area contributed by atoms with E-state index in [0.29, 0.717) is 13.0 Å². The fraction of sp³-hybridized carbons (Fsp3) is 0.600. The van der Waals surface area contributed by atoms with Crippen LogP contribution in [-0.4, -0.2) is 22.2 Å². The molecule has 0 fully saturated rings. The van der Waals surface area contributed by atoms with Crippen LogP contribution in [0, 0.1) is 0 Å². The van der Waals surface area contributed by atoms with E-state index in [0.717, 1.165) is 18.5 Å². The lowest BCUT2D eigenvalue weighted by Gasteiger charge is -2.01. The van der Waals surface area contributed by atoms with Crippen LogP contribution >= 0.6 is 0 Å². The van der Waals surface area contributed by atoms with E-state index in [2.05, 4.69) is 10.4 Å². The van der Waals surface area contributed by atoms with Crippen molar-refractivity contribution in [2.75, 3.05) is 6.54 Å². The second-order valence-electron chi connectivity index (χ2n) is 3.33. The van der Waals surface area contributed by atoms with Crippen LogP contribution in [0.25, 0.3) is 0 Å². The number of nitrogens with one attached hydrogen (secondary N) is 1. The molecule has 0 aromatic carbocycles. The van der Waals surface area contributed by atoms with Crippen molar-refractivity contribution < 1.29 is 4.79 Å². The minimum absolute atomic E-state index is 0.128. The minimum Gasteiger partial charge on any atom is -0.356 e. The molecule has 0 bridgehead atoms. The molecule has 0 saturated heterocycles. The SMILES string of the molecule is CCCC(=O)NCCc1ccn(C)n1. The molecule has 1 rings (SSSR count). The molecule has 1 aromatic rings. The van der Waals surface area contributed by atoms with E-state index in [9.17, 15) is 4.79 Å². The summed E-state index contributed by atoms with van der Waals surface area (Å²) in [6.07, 6.45) is 4.22. The molecule has 1 amide bonds. The van der Waals surface area contributed by atoms with Gasteiger partial charge in [-0.3, -0.25) is 9.48 Å². The van der Waals surface area contributed by atoms with E-state index in [-0.39, 0.29) is 5.91 Å². The number of hydrogen-bond acceptors (Lipinski definition) is 2. The highest BCUT2D eigenvalue weighted by atomic mass is 16.1. The van der Waals surface area contributed by atoms with Gasteiger partial charge in [-0.25, -0.2) is 0 Å². The van der Waals surface area contributed by atoms with Gasteiger partial charge in [0, 0.05) is 32.6 Å². The molecule has 0 saturated carbocycles. The molecule has 0 atom stereocenters. The summed E-state index contributed by atoms with van der Waals surface area (Å²) in [5.41, 5.74) is 1.02. The molecule has 0 aliphatic heterocycles. The van der Waals surface area contributed by atoms with Crippen molar-refractivity contribution >= 4 is 5.91 Å². The van der Waals surface area contributed by atoms with E-state index in [1.165, 1.54) is 0 Å². The summed E-state index contributed by atoms with van der Waals surface area (Å²) >= 11 is 0. The van der Waals surface area contributed by atoms with Crippen molar-refractivity contribution in [2.24, 2.45) is 7.05 Å². The molecule has 4 nitrogen and oxygen atoms in total. The van der Waals surface area contributed by atoms with Gasteiger partial charge in [0.25, 0.3) is 0 Å². The van der Waals surface area contributed by atoms with Gasteiger partial charge in [-0.05, 0) is 12.5 Å². The predicted octanol–water partition coefficient (Wildman–Crippen LogP) is 0.879. The Labute approximate surface area is 84.3 Å². The normalized spacial score (nSPS) is 10.1. The summed E-state index contributed by atoms with van der Waals surface area (Å²) in [5, 5.41) is 7.07. The Morgan fingerprint density at radius 3 is 3.00 bits per heavy atom. The smallest absolute Gasteiger partial charge is 0.219 e. The van der Waals surface area contributed by atoms with Crippen LogP contribution in [0.2, 0.25) is 0 Å². The van der Waals surface area contributed by atoms with Crippen molar-refractivity contribution in [3.63, 3.8) is 0 Å². The van der Waals surface area contributed by atoms with E-state index < -0.39 is 0 Å². The predicted molar refractivity (Wildman–Crippen MR) is 54.8 cm³/mol. The number of aryl methyl sites for hydroxylation is 1. The number of aromatic nitrogens is 2. The summed E-state index contributed by atoms with van der Waals surface area (Å²) in [4.78, 5) is 11.1. The van der Waals surface area contributed by atoms with Crippen LogP contribution < -0.4 is 5.32 Å². The fourth-order valence-corrected chi connectivity index (χ4v) is 1.24. The third-order valence-electron chi connectivity index (χ3n) is 1.95. The monoisotopic (exact) mass is 195 g/mol. The molecule has 4 heteroatoms. The maximum atomic E-state index is 11.1. The first-order valence-corrected chi connectivity index (χ1v) is 4.97. The van der Waals surface area contributed by atoms with Crippen molar-refractivity contribution in [3.8, 4) is 0 Å². The van der Waals surface area contributed by atoms with Gasteiger partial charge in [0.2, 0.25) is 5.91 Å². The van der Waals surface area contributed by atoms with Crippen LogP contribution in [0.3, 0.4) is 0 Å². The molecule has 78 valence electrons. The van der Waals surface area contributed by atoms with Gasteiger partial charge in [0.15, 0.2) is 0 Å². The molecule has 1 heterocycles. The number of amides is 1. The number of carbonyl (C=O) groups excluding carboxylic acids is 1. The molecule has 14 heavy (non-hydrogen) atoms. The zero-order valence-corrected chi connectivity index (χ0v) is 8.79. The number of carbonyl (C=O) groups is 1. The topological polar surface area (TPSA) is 46.9 Å². The number of rotatable bonds is 5. The lowest BCUT2D eigenvalue weighted by Crippen LogP contribution is -2.25. The van der Waals surface area contributed by atoms with Gasteiger partial charge in [0.05, 0.1) is 5.69 Å². The maximum absolute atomic E-state index is 11.1. The molecule has 0 aliphatic carbocycles. The lowest BCUT2D eigenvalue weighted by atomic mass is 10.3. The molecular formula is C10H17N3O. The van der Waals surface area contributed by atoms with Gasteiger partial charge < -0.3 is 5.32 Å². The summed E-state index contributed by atoms with van der Waals surface area (Å²) in [7, 11) is 1.89. The highest BCUT2D eigenvalue weighted by Crippen LogP contribution is 1.94. The van der Waals surface area contributed by atoms with Crippen LogP contribution in [0.15, 0.2) is 12.3 Å². The Hall–Kier alpha value is -1.32. The van der Waals surface area contributed by atoms with E-state index in [4.69, 9.17) is 0 Å². The summed E-state index contributed by atoms with van der Waals surface area (Å²) in [6, 6.07) is 1.96.